The van der Waals surface area contributed by atoms with Crippen molar-refractivity contribution in [3.05, 3.63) is 36.2 Å². The molecule has 19 heavy (non-hydrogen) atoms. The van der Waals surface area contributed by atoms with Gasteiger partial charge < -0.3 is 10.6 Å². The van der Waals surface area contributed by atoms with Crippen LogP contribution in [0.3, 0.4) is 0 Å². The van der Waals surface area contributed by atoms with E-state index >= 15 is 0 Å². The molecule has 0 fully saturated rings. The lowest BCUT2D eigenvalue weighted by Crippen LogP contribution is -2.34. The summed E-state index contributed by atoms with van der Waals surface area (Å²) >= 11 is 0. The van der Waals surface area contributed by atoms with Gasteiger partial charge in [0.25, 0.3) is 0 Å². The topological polar surface area (TPSA) is 66.9 Å². The fourth-order valence-corrected chi connectivity index (χ4v) is 1.71. The Balaban J connectivity index is 1.86. The summed E-state index contributed by atoms with van der Waals surface area (Å²) in [7, 11) is 0. The number of nitrogens with one attached hydrogen (secondary N) is 2. The van der Waals surface area contributed by atoms with Gasteiger partial charge in [-0.25, -0.2) is 4.98 Å². The summed E-state index contributed by atoms with van der Waals surface area (Å²) in [5.74, 6) is 0.00981. The van der Waals surface area contributed by atoms with Crippen molar-refractivity contribution in [2.24, 2.45) is 0 Å². The second-order valence-corrected chi connectivity index (χ2v) is 4.30. The first-order valence-corrected chi connectivity index (χ1v) is 6.47. The number of rotatable bonds is 6. The Morgan fingerprint density at radius 2 is 2.05 bits per heavy atom. The standard InChI is InChI=1S/C14H18N4O/c1-2-7-16-14(19)10-15-8-11-9-17-12-5-3-4-6-13(12)18-11/h3-6,9,15H,2,7-8,10H2,1H3,(H,16,19). The van der Waals surface area contributed by atoms with Crippen molar-refractivity contribution < 1.29 is 4.79 Å². The summed E-state index contributed by atoms with van der Waals surface area (Å²) in [5.41, 5.74) is 2.59. The summed E-state index contributed by atoms with van der Waals surface area (Å²) in [6.07, 6.45) is 2.68. The van der Waals surface area contributed by atoms with Crippen LogP contribution in [-0.4, -0.2) is 29.0 Å². The number of nitrogens with zero attached hydrogens (tertiary/aromatic N) is 2. The molecule has 0 saturated heterocycles. The van der Waals surface area contributed by atoms with Crippen LogP contribution in [0.1, 0.15) is 19.0 Å². The number of benzene rings is 1. The molecule has 2 rings (SSSR count). The molecule has 0 aliphatic rings. The molecule has 5 heteroatoms. The van der Waals surface area contributed by atoms with Gasteiger partial charge in [-0.05, 0) is 18.6 Å². The molecule has 0 aliphatic carbocycles. The normalized spacial score (nSPS) is 10.6. The Morgan fingerprint density at radius 1 is 1.26 bits per heavy atom. The van der Waals surface area contributed by atoms with Gasteiger partial charge in [0.2, 0.25) is 5.91 Å². The SMILES string of the molecule is CCCNC(=O)CNCc1cnc2ccccc2n1. The van der Waals surface area contributed by atoms with E-state index in [9.17, 15) is 4.79 Å². The van der Waals surface area contributed by atoms with E-state index in [0.717, 1.165) is 29.7 Å². The quantitative estimate of drug-likeness (QED) is 0.818. The summed E-state index contributed by atoms with van der Waals surface area (Å²) in [5, 5.41) is 5.87. The summed E-state index contributed by atoms with van der Waals surface area (Å²) in [6.45, 7) is 3.58. The number of para-hydroxylation sites is 2. The van der Waals surface area contributed by atoms with E-state index in [2.05, 4.69) is 20.6 Å². The van der Waals surface area contributed by atoms with Crippen LogP contribution >= 0.6 is 0 Å². The molecule has 1 aromatic heterocycles. The maximum atomic E-state index is 11.4. The number of hydrogen-bond donors (Lipinski definition) is 2. The largest absolute Gasteiger partial charge is 0.355 e. The van der Waals surface area contributed by atoms with Crippen molar-refractivity contribution in [3.8, 4) is 0 Å². The summed E-state index contributed by atoms with van der Waals surface area (Å²) in [4.78, 5) is 20.2. The van der Waals surface area contributed by atoms with Gasteiger partial charge in [0.1, 0.15) is 0 Å². The van der Waals surface area contributed by atoms with E-state index in [1.54, 1.807) is 6.20 Å². The second-order valence-electron chi connectivity index (χ2n) is 4.30. The number of carbonyl (C=O) groups is 1. The van der Waals surface area contributed by atoms with Gasteiger partial charge in [-0.2, -0.15) is 0 Å². The molecule has 1 heterocycles. The maximum Gasteiger partial charge on any atom is 0.233 e. The van der Waals surface area contributed by atoms with Crippen LogP contribution in [0.15, 0.2) is 30.5 Å². The molecule has 0 aliphatic heterocycles. The minimum atomic E-state index is 0.00981. The highest BCUT2D eigenvalue weighted by Crippen LogP contribution is 2.07. The van der Waals surface area contributed by atoms with Crippen LogP contribution in [-0.2, 0) is 11.3 Å². The molecule has 0 saturated carbocycles. The zero-order chi connectivity index (χ0) is 13.5. The lowest BCUT2D eigenvalue weighted by Gasteiger charge is -2.05. The van der Waals surface area contributed by atoms with Crippen molar-refractivity contribution in [3.63, 3.8) is 0 Å². The monoisotopic (exact) mass is 258 g/mol. The van der Waals surface area contributed by atoms with Crippen LogP contribution in [0.2, 0.25) is 0 Å². The van der Waals surface area contributed by atoms with Crippen LogP contribution in [0.25, 0.3) is 11.0 Å². The minimum absolute atomic E-state index is 0.00981. The molecule has 0 bridgehead atoms. The Bertz CT molecular complexity index is 556. The van der Waals surface area contributed by atoms with Crippen LogP contribution in [0.5, 0.6) is 0 Å². The zero-order valence-electron chi connectivity index (χ0n) is 11.0. The molecule has 0 radical (unpaired) electrons. The lowest BCUT2D eigenvalue weighted by atomic mass is 10.3. The molecular formula is C14H18N4O. The molecule has 100 valence electrons. The van der Waals surface area contributed by atoms with Crippen molar-refractivity contribution in [2.45, 2.75) is 19.9 Å². The summed E-state index contributed by atoms with van der Waals surface area (Å²) in [6, 6.07) is 7.73. The van der Waals surface area contributed by atoms with Gasteiger partial charge in [-0.3, -0.25) is 9.78 Å². The van der Waals surface area contributed by atoms with Gasteiger partial charge >= 0.3 is 0 Å². The molecular weight excluding hydrogens is 240 g/mol. The van der Waals surface area contributed by atoms with Gasteiger partial charge in [0.05, 0.1) is 29.5 Å². The molecule has 1 amide bonds. The summed E-state index contributed by atoms with van der Waals surface area (Å²) < 4.78 is 0. The number of fused-ring (bicyclic) bond motifs is 1. The number of hydrogen-bond acceptors (Lipinski definition) is 4. The first kappa shape index (κ1) is 13.4. The van der Waals surface area contributed by atoms with Gasteiger partial charge in [0, 0.05) is 13.1 Å². The van der Waals surface area contributed by atoms with Crippen molar-refractivity contribution in [2.75, 3.05) is 13.1 Å². The minimum Gasteiger partial charge on any atom is -0.355 e. The maximum absolute atomic E-state index is 11.4. The first-order chi connectivity index (χ1) is 9.29. The van der Waals surface area contributed by atoms with E-state index in [1.807, 2.05) is 31.2 Å². The third-order valence-electron chi connectivity index (χ3n) is 2.66. The predicted octanol–water partition coefficient (Wildman–Crippen LogP) is 1.25. The van der Waals surface area contributed by atoms with E-state index in [4.69, 9.17) is 0 Å². The van der Waals surface area contributed by atoms with Crippen molar-refractivity contribution in [1.29, 1.82) is 0 Å². The van der Waals surface area contributed by atoms with Crippen LogP contribution < -0.4 is 10.6 Å². The van der Waals surface area contributed by atoms with Crippen LogP contribution in [0, 0.1) is 0 Å². The van der Waals surface area contributed by atoms with Crippen molar-refractivity contribution in [1.82, 2.24) is 20.6 Å². The highest BCUT2D eigenvalue weighted by Gasteiger charge is 2.01. The Kier molecular flexibility index (Phi) is 4.80. The van der Waals surface area contributed by atoms with Crippen LogP contribution in [0.4, 0.5) is 0 Å². The van der Waals surface area contributed by atoms with E-state index in [-0.39, 0.29) is 5.91 Å². The third kappa shape index (κ3) is 3.99. The zero-order valence-corrected chi connectivity index (χ0v) is 11.0. The molecule has 2 N–H and O–H groups in total. The average Bonchev–Trinajstić information content (AvgIpc) is 2.45. The Morgan fingerprint density at radius 3 is 2.84 bits per heavy atom. The highest BCUT2D eigenvalue weighted by molar-refractivity contribution is 5.78. The Hall–Kier alpha value is -2.01. The molecule has 2 aromatic rings. The van der Waals surface area contributed by atoms with Gasteiger partial charge in [-0.1, -0.05) is 19.1 Å². The molecule has 0 atom stereocenters. The smallest absolute Gasteiger partial charge is 0.233 e. The fraction of sp³-hybridized carbons (Fsp3) is 0.357. The number of amides is 1. The number of aromatic nitrogens is 2. The second kappa shape index (κ2) is 6.80. The van der Waals surface area contributed by atoms with E-state index in [0.29, 0.717) is 13.1 Å². The number of carbonyl (C=O) groups excluding carboxylic acids is 1. The third-order valence-corrected chi connectivity index (χ3v) is 2.66. The highest BCUT2D eigenvalue weighted by atomic mass is 16.1. The molecule has 0 spiro atoms. The predicted molar refractivity (Wildman–Crippen MR) is 74.5 cm³/mol. The first-order valence-electron chi connectivity index (χ1n) is 6.47. The molecule has 1 aromatic carbocycles. The lowest BCUT2D eigenvalue weighted by molar-refractivity contribution is -0.120. The van der Waals surface area contributed by atoms with Gasteiger partial charge in [0.15, 0.2) is 0 Å². The average molecular weight is 258 g/mol. The van der Waals surface area contributed by atoms with E-state index < -0.39 is 0 Å². The van der Waals surface area contributed by atoms with Gasteiger partial charge in [-0.15, -0.1) is 0 Å². The van der Waals surface area contributed by atoms with Crippen molar-refractivity contribution >= 4 is 16.9 Å². The van der Waals surface area contributed by atoms with E-state index in [1.165, 1.54) is 0 Å². The fourth-order valence-electron chi connectivity index (χ4n) is 1.71. The molecule has 5 nitrogen and oxygen atoms in total. The molecule has 0 unspecified atom stereocenters. The Labute approximate surface area is 112 Å².